The molecular weight excluding hydrogens is 399 g/mol. The molecule has 1 fully saturated rings. The van der Waals surface area contributed by atoms with Gasteiger partial charge in [0, 0.05) is 16.4 Å². The molecule has 10 heteroatoms. The Bertz CT molecular complexity index is 913. The van der Waals surface area contributed by atoms with Crippen LogP contribution in [0.25, 0.3) is 0 Å². The Morgan fingerprint density at radius 1 is 0.769 bits per heavy atom. The number of rotatable bonds is 4. The van der Waals surface area contributed by atoms with Gasteiger partial charge in [-0.2, -0.15) is 8.42 Å². The third-order valence-corrected chi connectivity index (χ3v) is 9.65. The highest BCUT2D eigenvalue weighted by Crippen LogP contribution is 2.63. The van der Waals surface area contributed by atoms with Gasteiger partial charge in [0.25, 0.3) is 0 Å². The average Bonchev–Trinajstić information content (AvgIpc) is 3.08. The van der Waals surface area contributed by atoms with Crippen LogP contribution in [0.15, 0.2) is 40.1 Å². The van der Waals surface area contributed by atoms with Gasteiger partial charge in [-0.05, 0) is 25.0 Å². The van der Waals surface area contributed by atoms with Crippen LogP contribution in [0.1, 0.15) is 12.8 Å². The molecular formula is C16H13F5O3S2. The first-order valence-electron chi connectivity index (χ1n) is 7.51. The van der Waals surface area contributed by atoms with E-state index in [1.807, 2.05) is 0 Å². The molecule has 1 saturated heterocycles. The summed E-state index contributed by atoms with van der Waals surface area (Å²) in [7, 11) is -7.71. The molecule has 0 N–H and O–H groups in total. The normalized spacial score (nSPS) is 18.0. The molecule has 2 aromatic rings. The Balaban J connectivity index is 2.13. The van der Waals surface area contributed by atoms with Crippen molar-refractivity contribution in [2.45, 2.75) is 22.6 Å². The predicted octanol–water partition coefficient (Wildman–Crippen LogP) is 4.66. The molecule has 3 nitrogen and oxygen atoms in total. The van der Waals surface area contributed by atoms with Gasteiger partial charge in [0.1, 0.15) is 0 Å². The van der Waals surface area contributed by atoms with Gasteiger partial charge in [0.05, 0.1) is 0 Å². The molecule has 0 spiro atoms. The van der Waals surface area contributed by atoms with Crippen molar-refractivity contribution >= 4 is 20.4 Å². The largest absolute Gasteiger partial charge is 0.312 e. The molecule has 0 radical (unpaired) electrons. The average molecular weight is 412 g/mol. The van der Waals surface area contributed by atoms with Gasteiger partial charge in [0.15, 0.2) is 28.2 Å². The fraction of sp³-hybridized carbons (Fsp3) is 0.250. The summed E-state index contributed by atoms with van der Waals surface area (Å²) in [6.07, 6.45) is 1.24. The predicted molar refractivity (Wildman–Crippen MR) is 85.8 cm³/mol. The minimum atomic E-state index is -5.23. The molecule has 3 rings (SSSR count). The van der Waals surface area contributed by atoms with Crippen LogP contribution in [-0.2, 0) is 13.7 Å². The van der Waals surface area contributed by atoms with E-state index < -0.39 is 54.4 Å². The minimum absolute atomic E-state index is 0.311. The molecule has 1 heterocycles. The zero-order valence-corrected chi connectivity index (χ0v) is 14.8. The second-order valence-electron chi connectivity index (χ2n) is 5.66. The van der Waals surface area contributed by atoms with Crippen LogP contribution in [0, 0.1) is 29.1 Å². The summed E-state index contributed by atoms with van der Waals surface area (Å²) in [5.74, 6) is -11.3. The van der Waals surface area contributed by atoms with Crippen LogP contribution in [-0.4, -0.2) is 19.9 Å². The maximum atomic E-state index is 13.9. The molecule has 26 heavy (non-hydrogen) atoms. The zero-order valence-electron chi connectivity index (χ0n) is 13.1. The Kier molecular flexibility index (Phi) is 5.02. The standard InChI is InChI=1S/C16H13F5O3S2/c17-11-12(18)14(20)16(15(21)13(11)19)26(22,23)24-25(8-4-5-9-25)10-6-2-1-3-7-10/h1-3,6-7H,4-5,8-9H2. The minimum Gasteiger partial charge on any atom is -0.212 e. The Hall–Kier alpha value is -1.65. The molecule has 0 aliphatic carbocycles. The molecule has 0 amide bonds. The van der Waals surface area contributed by atoms with E-state index in [0.29, 0.717) is 29.2 Å². The quantitative estimate of drug-likeness (QED) is 0.417. The first kappa shape index (κ1) is 19.1. The van der Waals surface area contributed by atoms with Crippen LogP contribution in [0.5, 0.6) is 0 Å². The number of halogens is 5. The van der Waals surface area contributed by atoms with Crippen molar-refractivity contribution in [3.63, 3.8) is 0 Å². The summed E-state index contributed by atoms with van der Waals surface area (Å²) in [6, 6.07) is 8.24. The van der Waals surface area contributed by atoms with Gasteiger partial charge >= 0.3 is 10.1 Å². The molecule has 142 valence electrons. The summed E-state index contributed by atoms with van der Waals surface area (Å²) in [6.45, 7) is 0. The highest BCUT2D eigenvalue weighted by molar-refractivity contribution is 8.33. The smallest absolute Gasteiger partial charge is 0.212 e. The van der Waals surface area contributed by atoms with E-state index in [1.165, 1.54) is 0 Å². The molecule has 0 bridgehead atoms. The van der Waals surface area contributed by atoms with Gasteiger partial charge in [0.2, 0.25) is 5.82 Å². The van der Waals surface area contributed by atoms with Crippen molar-refractivity contribution in [1.82, 2.24) is 0 Å². The van der Waals surface area contributed by atoms with E-state index in [-0.39, 0.29) is 0 Å². The summed E-state index contributed by atoms with van der Waals surface area (Å²) >= 11 is 0. The summed E-state index contributed by atoms with van der Waals surface area (Å²) in [5, 5.41) is 0. The lowest BCUT2D eigenvalue weighted by molar-refractivity contribution is 0.354. The lowest BCUT2D eigenvalue weighted by atomic mass is 10.3. The van der Waals surface area contributed by atoms with Crippen molar-refractivity contribution in [2.75, 3.05) is 11.5 Å². The molecule has 0 unspecified atom stereocenters. The zero-order chi connectivity index (χ0) is 19.1. The van der Waals surface area contributed by atoms with E-state index in [0.717, 1.165) is 0 Å². The Morgan fingerprint density at radius 2 is 1.23 bits per heavy atom. The number of benzene rings is 2. The third kappa shape index (κ3) is 3.10. The van der Waals surface area contributed by atoms with Crippen LogP contribution in [0.2, 0.25) is 0 Å². The fourth-order valence-corrected chi connectivity index (χ4v) is 8.58. The maximum absolute atomic E-state index is 13.9. The molecule has 0 saturated carbocycles. The third-order valence-electron chi connectivity index (χ3n) is 4.01. The van der Waals surface area contributed by atoms with Crippen molar-refractivity contribution in [3.8, 4) is 0 Å². The molecule has 1 aliphatic rings. The first-order valence-corrected chi connectivity index (χ1v) is 10.8. The topological polar surface area (TPSA) is 43.4 Å². The highest BCUT2D eigenvalue weighted by Gasteiger charge is 2.41. The monoisotopic (exact) mass is 412 g/mol. The van der Waals surface area contributed by atoms with Gasteiger partial charge in [-0.3, -0.25) is 0 Å². The van der Waals surface area contributed by atoms with Crippen LogP contribution >= 0.6 is 10.3 Å². The van der Waals surface area contributed by atoms with Crippen LogP contribution < -0.4 is 0 Å². The SMILES string of the molecule is O=S(=O)(OS1(c2ccccc2)CCCC1)c1c(F)c(F)c(F)c(F)c1F. The van der Waals surface area contributed by atoms with E-state index >= 15 is 0 Å². The number of hydrogen-bond acceptors (Lipinski definition) is 3. The molecule has 0 atom stereocenters. The van der Waals surface area contributed by atoms with Crippen LogP contribution in [0.4, 0.5) is 22.0 Å². The lowest BCUT2D eigenvalue weighted by Crippen LogP contribution is -2.19. The first-order chi connectivity index (χ1) is 12.2. The Morgan fingerprint density at radius 3 is 1.73 bits per heavy atom. The van der Waals surface area contributed by atoms with Crippen molar-refractivity contribution < 1.29 is 34.0 Å². The number of hydrogen-bond donors (Lipinski definition) is 0. The molecule has 0 aromatic heterocycles. The molecule has 1 aliphatic heterocycles. The van der Waals surface area contributed by atoms with E-state index in [1.54, 1.807) is 30.3 Å². The van der Waals surface area contributed by atoms with Gasteiger partial charge in [-0.15, -0.1) is 0 Å². The van der Waals surface area contributed by atoms with Gasteiger partial charge in [-0.1, -0.05) is 28.5 Å². The van der Waals surface area contributed by atoms with Gasteiger partial charge in [-0.25, -0.2) is 25.6 Å². The van der Waals surface area contributed by atoms with E-state index in [9.17, 15) is 30.4 Å². The van der Waals surface area contributed by atoms with E-state index in [4.69, 9.17) is 3.63 Å². The van der Waals surface area contributed by atoms with Crippen molar-refractivity contribution in [2.24, 2.45) is 0 Å². The second-order valence-corrected chi connectivity index (χ2v) is 10.4. The maximum Gasteiger partial charge on any atom is 0.312 e. The second kappa shape index (κ2) is 6.82. The van der Waals surface area contributed by atoms with Crippen LogP contribution in [0.3, 0.4) is 0 Å². The summed E-state index contributed by atoms with van der Waals surface area (Å²) in [4.78, 5) is -1.42. The van der Waals surface area contributed by atoms with Crippen molar-refractivity contribution in [3.05, 3.63) is 59.4 Å². The highest BCUT2D eigenvalue weighted by atomic mass is 32.3. The summed E-state index contributed by atoms with van der Waals surface area (Å²) in [5.41, 5.74) is 0. The summed E-state index contributed by atoms with van der Waals surface area (Å²) < 4.78 is 98.0. The lowest BCUT2D eigenvalue weighted by Gasteiger charge is -2.34. The van der Waals surface area contributed by atoms with E-state index in [2.05, 4.69) is 0 Å². The van der Waals surface area contributed by atoms with Gasteiger partial charge < -0.3 is 0 Å². The van der Waals surface area contributed by atoms with Crippen molar-refractivity contribution in [1.29, 1.82) is 0 Å². The fourth-order valence-electron chi connectivity index (χ4n) is 2.79. The Labute approximate surface area is 148 Å². The molecule has 2 aromatic carbocycles.